The number of nitrogens with one attached hydrogen (secondary N) is 2. The van der Waals surface area contributed by atoms with E-state index in [-0.39, 0.29) is 17.7 Å². The van der Waals surface area contributed by atoms with Crippen molar-refractivity contribution in [2.24, 2.45) is 0 Å². The molecule has 1 aliphatic rings. The molecule has 1 fully saturated rings. The van der Waals surface area contributed by atoms with E-state index in [0.717, 1.165) is 24.2 Å². The molecule has 0 aromatic heterocycles. The molecule has 0 saturated carbocycles. The molecule has 0 aliphatic carbocycles. The summed E-state index contributed by atoms with van der Waals surface area (Å²) in [5, 5.41) is 7.18. The van der Waals surface area contributed by atoms with Crippen LogP contribution in [0.15, 0.2) is 102 Å². The summed E-state index contributed by atoms with van der Waals surface area (Å²) in [5.41, 5.74) is 2.70. The van der Waals surface area contributed by atoms with Crippen molar-refractivity contribution < 1.29 is 18.0 Å². The van der Waals surface area contributed by atoms with Crippen molar-refractivity contribution in [3.05, 3.63) is 119 Å². The summed E-state index contributed by atoms with van der Waals surface area (Å²) in [6.45, 7) is 2.72. The summed E-state index contributed by atoms with van der Waals surface area (Å²) >= 11 is 0. The quantitative estimate of drug-likeness (QED) is 0.336. The second kappa shape index (κ2) is 15.3. The molecule has 3 amide bonds. The van der Waals surface area contributed by atoms with Gasteiger partial charge in [-0.2, -0.15) is 0 Å². The normalized spacial score (nSPS) is 15.7. The number of piperazine rings is 1. The number of aryl methyl sites for hydroxylation is 1. The zero-order valence-electron chi connectivity index (χ0n) is 24.1. The largest absolute Gasteiger partial charge is 0.348 e. The van der Waals surface area contributed by atoms with Gasteiger partial charge in [-0.1, -0.05) is 97.1 Å². The predicted octanol–water partition coefficient (Wildman–Crippen LogP) is 3.80. The topological polar surface area (TPSA) is 98.8 Å². The SMILES string of the molecule is CN1CCN(C(=O)N[C@@H](Cc2ccccc2)C(=O)N[C@H](/C=C/S(=O)(=O)Cc2ccccc2)CCc2ccccc2)CC1. The van der Waals surface area contributed by atoms with E-state index in [9.17, 15) is 18.0 Å². The maximum atomic E-state index is 13.7. The molecule has 222 valence electrons. The maximum absolute atomic E-state index is 13.7. The van der Waals surface area contributed by atoms with Gasteiger partial charge in [0.05, 0.1) is 5.75 Å². The highest BCUT2D eigenvalue weighted by Gasteiger charge is 2.27. The number of hydrogen-bond acceptors (Lipinski definition) is 5. The average molecular weight is 589 g/mol. The molecule has 2 N–H and O–H groups in total. The van der Waals surface area contributed by atoms with Crippen LogP contribution in [0.25, 0.3) is 0 Å². The summed E-state index contributed by atoms with van der Waals surface area (Å²) in [6.07, 6.45) is 3.01. The predicted molar refractivity (Wildman–Crippen MR) is 166 cm³/mol. The van der Waals surface area contributed by atoms with E-state index >= 15 is 0 Å². The Labute approximate surface area is 249 Å². The van der Waals surface area contributed by atoms with E-state index in [1.807, 2.05) is 73.8 Å². The standard InChI is InChI=1S/C33H40N4O4S/c1-36-20-22-37(23-21-36)33(39)35-31(25-28-13-7-3-8-14-28)32(38)34-30(18-17-27-11-5-2-6-12-27)19-24-42(40,41)26-29-15-9-4-10-16-29/h2-16,19,24,30-31H,17-18,20-23,25-26H2,1H3,(H,34,38)(H,35,39)/b24-19+/t30-,31-/m0/s1. The van der Waals surface area contributed by atoms with E-state index in [1.54, 1.807) is 35.2 Å². The first kappa shape index (κ1) is 31.0. The molecular formula is C33H40N4O4S. The Bertz CT molecular complexity index is 1410. The average Bonchev–Trinajstić information content (AvgIpc) is 3.00. The summed E-state index contributed by atoms with van der Waals surface area (Å²) in [7, 11) is -1.55. The molecule has 4 rings (SSSR count). The summed E-state index contributed by atoms with van der Waals surface area (Å²) < 4.78 is 25.8. The molecule has 1 heterocycles. The van der Waals surface area contributed by atoms with Crippen LogP contribution >= 0.6 is 0 Å². The minimum Gasteiger partial charge on any atom is -0.348 e. The molecule has 1 aliphatic heterocycles. The van der Waals surface area contributed by atoms with Gasteiger partial charge in [0, 0.05) is 44.0 Å². The van der Waals surface area contributed by atoms with Gasteiger partial charge < -0.3 is 20.4 Å². The summed E-state index contributed by atoms with van der Waals surface area (Å²) in [4.78, 5) is 30.8. The monoisotopic (exact) mass is 588 g/mol. The zero-order valence-corrected chi connectivity index (χ0v) is 24.9. The molecule has 0 unspecified atom stereocenters. The van der Waals surface area contributed by atoms with Gasteiger partial charge in [-0.25, -0.2) is 13.2 Å². The van der Waals surface area contributed by atoms with E-state index < -0.39 is 21.9 Å². The highest BCUT2D eigenvalue weighted by Crippen LogP contribution is 2.12. The van der Waals surface area contributed by atoms with Crippen LogP contribution in [0.3, 0.4) is 0 Å². The van der Waals surface area contributed by atoms with Crippen LogP contribution in [0.4, 0.5) is 4.79 Å². The number of rotatable bonds is 12. The fourth-order valence-electron chi connectivity index (χ4n) is 4.84. The molecule has 3 aromatic rings. The molecule has 1 saturated heterocycles. The Morgan fingerprint density at radius 2 is 1.33 bits per heavy atom. The van der Waals surface area contributed by atoms with Crippen molar-refractivity contribution in [1.29, 1.82) is 0 Å². The summed E-state index contributed by atoms with van der Waals surface area (Å²) in [5.74, 6) is -0.481. The zero-order chi connectivity index (χ0) is 29.8. The molecule has 0 radical (unpaired) electrons. The van der Waals surface area contributed by atoms with Gasteiger partial charge in [-0.3, -0.25) is 4.79 Å². The van der Waals surface area contributed by atoms with Crippen LogP contribution in [0.5, 0.6) is 0 Å². The Morgan fingerprint density at radius 3 is 1.93 bits per heavy atom. The van der Waals surface area contributed by atoms with Gasteiger partial charge >= 0.3 is 6.03 Å². The van der Waals surface area contributed by atoms with Gasteiger partial charge in [-0.05, 0) is 36.6 Å². The minimum absolute atomic E-state index is 0.124. The van der Waals surface area contributed by atoms with Gasteiger partial charge in [0.2, 0.25) is 5.91 Å². The molecule has 3 aromatic carbocycles. The number of hydrogen-bond donors (Lipinski definition) is 2. The number of sulfone groups is 1. The highest BCUT2D eigenvalue weighted by atomic mass is 32.2. The fraction of sp³-hybridized carbons (Fsp3) is 0.333. The van der Waals surface area contributed by atoms with E-state index in [2.05, 4.69) is 15.5 Å². The number of carbonyl (C=O) groups is 2. The second-order valence-corrected chi connectivity index (χ2v) is 12.6. The molecule has 0 bridgehead atoms. The van der Waals surface area contributed by atoms with Crippen molar-refractivity contribution in [1.82, 2.24) is 20.4 Å². The number of likely N-dealkylation sites (N-methyl/N-ethyl adjacent to an activating group) is 1. The first-order valence-electron chi connectivity index (χ1n) is 14.3. The number of nitrogens with zero attached hydrogens (tertiary/aromatic N) is 2. The Hall–Kier alpha value is -3.95. The Morgan fingerprint density at radius 1 is 0.786 bits per heavy atom. The lowest BCUT2D eigenvalue weighted by molar-refractivity contribution is -0.123. The second-order valence-electron chi connectivity index (χ2n) is 10.7. The van der Waals surface area contributed by atoms with Crippen molar-refractivity contribution in [2.45, 2.75) is 37.1 Å². The smallest absolute Gasteiger partial charge is 0.318 e. The number of benzene rings is 3. The van der Waals surface area contributed by atoms with Crippen LogP contribution in [-0.4, -0.2) is 75.5 Å². The molecule has 42 heavy (non-hydrogen) atoms. The molecule has 9 heteroatoms. The molecule has 2 atom stereocenters. The first-order chi connectivity index (χ1) is 20.3. The van der Waals surface area contributed by atoms with Crippen LogP contribution in [0.2, 0.25) is 0 Å². The molecular weight excluding hydrogens is 548 g/mol. The lowest BCUT2D eigenvalue weighted by Gasteiger charge is -2.33. The molecule has 0 spiro atoms. The maximum Gasteiger partial charge on any atom is 0.318 e. The third-order valence-corrected chi connectivity index (χ3v) is 8.64. The van der Waals surface area contributed by atoms with Crippen LogP contribution < -0.4 is 10.6 Å². The van der Waals surface area contributed by atoms with E-state index in [4.69, 9.17) is 0 Å². The van der Waals surface area contributed by atoms with Crippen LogP contribution in [0.1, 0.15) is 23.1 Å². The Balaban J connectivity index is 1.50. The van der Waals surface area contributed by atoms with Gasteiger partial charge in [-0.15, -0.1) is 0 Å². The number of carbonyl (C=O) groups excluding carboxylic acids is 2. The Kier molecular flexibility index (Phi) is 11.3. The van der Waals surface area contributed by atoms with Gasteiger partial charge in [0.15, 0.2) is 9.84 Å². The lowest BCUT2D eigenvalue weighted by Crippen LogP contribution is -2.56. The van der Waals surface area contributed by atoms with Crippen LogP contribution in [0, 0.1) is 0 Å². The van der Waals surface area contributed by atoms with Crippen molar-refractivity contribution in [3.63, 3.8) is 0 Å². The third-order valence-electron chi connectivity index (χ3n) is 7.33. The highest BCUT2D eigenvalue weighted by molar-refractivity contribution is 7.93. The van der Waals surface area contributed by atoms with Gasteiger partial charge in [0.25, 0.3) is 0 Å². The van der Waals surface area contributed by atoms with E-state index in [0.29, 0.717) is 37.9 Å². The van der Waals surface area contributed by atoms with Gasteiger partial charge in [0.1, 0.15) is 6.04 Å². The van der Waals surface area contributed by atoms with Crippen molar-refractivity contribution in [2.75, 3.05) is 33.2 Å². The third kappa shape index (κ3) is 10.2. The van der Waals surface area contributed by atoms with Crippen molar-refractivity contribution in [3.8, 4) is 0 Å². The van der Waals surface area contributed by atoms with E-state index in [1.165, 1.54) is 5.41 Å². The lowest BCUT2D eigenvalue weighted by atomic mass is 10.0. The molecule has 8 nitrogen and oxygen atoms in total. The van der Waals surface area contributed by atoms with Crippen molar-refractivity contribution >= 4 is 21.8 Å². The first-order valence-corrected chi connectivity index (χ1v) is 16.1. The fourth-order valence-corrected chi connectivity index (χ4v) is 6.03. The number of amides is 3. The number of urea groups is 1. The summed E-state index contributed by atoms with van der Waals surface area (Å²) in [6, 6.07) is 26.7. The van der Waals surface area contributed by atoms with Crippen LogP contribution in [-0.2, 0) is 33.2 Å². The minimum atomic E-state index is -3.57.